The molecular formula is C26H34N2O. The summed E-state index contributed by atoms with van der Waals surface area (Å²) in [5.41, 5.74) is 8.06. The van der Waals surface area contributed by atoms with Crippen molar-refractivity contribution >= 4 is 11.9 Å². The molecule has 1 fully saturated rings. The Morgan fingerprint density at radius 3 is 2.79 bits per heavy atom. The van der Waals surface area contributed by atoms with Gasteiger partial charge in [0, 0.05) is 29.7 Å². The smallest absolute Gasteiger partial charge is 0.150 e. The fourth-order valence-electron chi connectivity index (χ4n) is 4.58. The molecule has 0 aromatic heterocycles. The number of hydrogen-bond acceptors (Lipinski definition) is 3. The average molecular weight is 391 g/mol. The predicted molar refractivity (Wildman–Crippen MR) is 123 cm³/mol. The highest BCUT2D eigenvalue weighted by molar-refractivity contribution is 5.78. The van der Waals surface area contributed by atoms with Gasteiger partial charge in [0.2, 0.25) is 0 Å². The van der Waals surface area contributed by atoms with Crippen LogP contribution in [0.3, 0.4) is 0 Å². The zero-order valence-corrected chi connectivity index (χ0v) is 18.4. The molecular weight excluding hydrogens is 356 g/mol. The highest BCUT2D eigenvalue weighted by Crippen LogP contribution is 2.35. The van der Waals surface area contributed by atoms with Gasteiger partial charge in [-0.1, -0.05) is 25.6 Å². The van der Waals surface area contributed by atoms with E-state index in [1.165, 1.54) is 47.4 Å². The lowest BCUT2D eigenvalue weighted by atomic mass is 9.88. The molecule has 154 valence electrons. The molecule has 0 aliphatic carbocycles. The van der Waals surface area contributed by atoms with E-state index in [1.807, 2.05) is 12.1 Å². The molecule has 1 unspecified atom stereocenters. The summed E-state index contributed by atoms with van der Waals surface area (Å²) in [7, 11) is 2.22. The minimum Gasteiger partial charge on any atom is -0.321 e. The van der Waals surface area contributed by atoms with Crippen molar-refractivity contribution in [3.63, 3.8) is 0 Å². The molecule has 1 aromatic rings. The van der Waals surface area contributed by atoms with E-state index in [4.69, 9.17) is 0 Å². The standard InChI is InChI=1S/C26H34N2O/c1-6-24-15-23(18-29)9-10-25(24)21(4)26(16-22-8-7-12-27(5)17-22)28-13-11-19(2)14-20(28)3/h9-11,13-15,18,22H,3,6-8,12,16-17H2,1-2,4-5H3/b26-21+. The van der Waals surface area contributed by atoms with Crippen LogP contribution in [0.4, 0.5) is 0 Å². The molecule has 2 aliphatic rings. The third-order valence-corrected chi connectivity index (χ3v) is 6.17. The topological polar surface area (TPSA) is 23.6 Å². The van der Waals surface area contributed by atoms with E-state index in [9.17, 15) is 4.79 Å². The minimum atomic E-state index is 0.645. The molecule has 3 heteroatoms. The monoisotopic (exact) mass is 390 g/mol. The van der Waals surface area contributed by atoms with Crippen LogP contribution in [-0.4, -0.2) is 36.2 Å². The number of aldehydes is 1. The third kappa shape index (κ3) is 4.97. The number of allylic oxidation sites excluding steroid dienone is 5. The Hall–Kier alpha value is -2.39. The van der Waals surface area contributed by atoms with Crippen LogP contribution in [-0.2, 0) is 6.42 Å². The van der Waals surface area contributed by atoms with Crippen molar-refractivity contribution in [1.29, 1.82) is 0 Å². The Balaban J connectivity index is 2.04. The summed E-state index contributed by atoms with van der Waals surface area (Å²) >= 11 is 0. The molecule has 0 spiro atoms. The van der Waals surface area contributed by atoms with E-state index in [2.05, 4.69) is 68.6 Å². The molecule has 1 saturated heterocycles. The second kappa shape index (κ2) is 9.41. The SMILES string of the molecule is C=C1C=C(C)C=CN1/C(CC1CCCN(C)C1)=C(\C)c1ccc(C=O)cc1CC. The van der Waals surface area contributed by atoms with E-state index < -0.39 is 0 Å². The van der Waals surface area contributed by atoms with Crippen LogP contribution in [0, 0.1) is 5.92 Å². The lowest BCUT2D eigenvalue weighted by Gasteiger charge is -2.35. The van der Waals surface area contributed by atoms with Gasteiger partial charge in [0.05, 0.1) is 0 Å². The summed E-state index contributed by atoms with van der Waals surface area (Å²) in [5.74, 6) is 0.645. The van der Waals surface area contributed by atoms with Gasteiger partial charge in [-0.25, -0.2) is 0 Å². The van der Waals surface area contributed by atoms with Crippen LogP contribution in [0.1, 0.15) is 61.5 Å². The average Bonchev–Trinajstić information content (AvgIpc) is 2.71. The summed E-state index contributed by atoms with van der Waals surface area (Å²) < 4.78 is 0. The van der Waals surface area contributed by atoms with Crippen molar-refractivity contribution in [2.24, 2.45) is 5.92 Å². The Bertz CT molecular complexity index is 875. The van der Waals surface area contributed by atoms with Crippen molar-refractivity contribution in [3.05, 3.63) is 76.8 Å². The van der Waals surface area contributed by atoms with Crippen molar-refractivity contribution < 1.29 is 4.79 Å². The lowest BCUT2D eigenvalue weighted by molar-refractivity contribution is 0.112. The molecule has 0 bridgehead atoms. The highest BCUT2D eigenvalue weighted by Gasteiger charge is 2.24. The van der Waals surface area contributed by atoms with Gasteiger partial charge in [0.15, 0.2) is 0 Å². The summed E-state index contributed by atoms with van der Waals surface area (Å²) in [5, 5.41) is 0. The van der Waals surface area contributed by atoms with Crippen molar-refractivity contribution in [2.45, 2.75) is 46.5 Å². The Morgan fingerprint density at radius 2 is 2.14 bits per heavy atom. The molecule has 0 N–H and O–H groups in total. The van der Waals surface area contributed by atoms with Gasteiger partial charge < -0.3 is 9.80 Å². The molecule has 1 atom stereocenters. The number of rotatable bonds is 6. The second-order valence-electron chi connectivity index (χ2n) is 8.50. The maximum absolute atomic E-state index is 11.3. The number of nitrogens with zero attached hydrogens (tertiary/aromatic N) is 2. The molecule has 2 heterocycles. The molecule has 2 aliphatic heterocycles. The molecule has 1 aromatic carbocycles. The normalized spacial score (nSPS) is 21.1. The van der Waals surface area contributed by atoms with Gasteiger partial charge in [-0.2, -0.15) is 0 Å². The van der Waals surface area contributed by atoms with Gasteiger partial charge in [-0.05, 0) is 99.5 Å². The zero-order chi connectivity index (χ0) is 21.0. The minimum absolute atomic E-state index is 0.645. The van der Waals surface area contributed by atoms with Gasteiger partial charge in [0.25, 0.3) is 0 Å². The number of carbonyl (C=O) groups is 1. The number of carbonyl (C=O) groups excluding carboxylic acids is 1. The van der Waals surface area contributed by atoms with Crippen LogP contribution in [0.2, 0.25) is 0 Å². The molecule has 0 radical (unpaired) electrons. The van der Waals surface area contributed by atoms with Crippen molar-refractivity contribution in [2.75, 3.05) is 20.1 Å². The Morgan fingerprint density at radius 1 is 1.34 bits per heavy atom. The van der Waals surface area contributed by atoms with E-state index >= 15 is 0 Å². The second-order valence-corrected chi connectivity index (χ2v) is 8.50. The number of aryl methyl sites for hydroxylation is 1. The Labute approximate surface area is 176 Å². The van der Waals surface area contributed by atoms with Crippen LogP contribution in [0.5, 0.6) is 0 Å². The number of piperidine rings is 1. The van der Waals surface area contributed by atoms with Crippen LogP contribution in [0.15, 0.2) is 60.1 Å². The van der Waals surface area contributed by atoms with Crippen LogP contribution < -0.4 is 0 Å². The first-order chi connectivity index (χ1) is 13.9. The number of likely N-dealkylation sites (tertiary alicyclic amines) is 1. The van der Waals surface area contributed by atoms with Gasteiger partial charge in [-0.15, -0.1) is 0 Å². The van der Waals surface area contributed by atoms with E-state index in [0.717, 1.165) is 36.9 Å². The zero-order valence-electron chi connectivity index (χ0n) is 18.4. The number of hydrogen-bond donors (Lipinski definition) is 0. The van der Waals surface area contributed by atoms with Crippen LogP contribution >= 0.6 is 0 Å². The highest BCUT2D eigenvalue weighted by atomic mass is 16.1. The van der Waals surface area contributed by atoms with Gasteiger partial charge in [-0.3, -0.25) is 4.79 Å². The molecule has 29 heavy (non-hydrogen) atoms. The largest absolute Gasteiger partial charge is 0.321 e. The molecule has 0 amide bonds. The quantitative estimate of drug-likeness (QED) is 0.572. The molecule has 3 rings (SSSR count). The maximum atomic E-state index is 11.3. The van der Waals surface area contributed by atoms with Crippen molar-refractivity contribution in [3.8, 4) is 0 Å². The first-order valence-corrected chi connectivity index (χ1v) is 10.7. The molecule has 3 nitrogen and oxygen atoms in total. The summed E-state index contributed by atoms with van der Waals surface area (Å²) in [6.45, 7) is 13.2. The van der Waals surface area contributed by atoms with Crippen LogP contribution in [0.25, 0.3) is 5.57 Å². The fraction of sp³-hybridized carbons (Fsp3) is 0.423. The first kappa shape index (κ1) is 21.3. The Kier molecular flexibility index (Phi) is 6.92. The van der Waals surface area contributed by atoms with Gasteiger partial charge in [0.1, 0.15) is 6.29 Å². The van der Waals surface area contributed by atoms with Gasteiger partial charge >= 0.3 is 0 Å². The van der Waals surface area contributed by atoms with E-state index in [-0.39, 0.29) is 0 Å². The third-order valence-electron chi connectivity index (χ3n) is 6.17. The van der Waals surface area contributed by atoms with E-state index in [1.54, 1.807) is 0 Å². The van der Waals surface area contributed by atoms with Crippen molar-refractivity contribution in [1.82, 2.24) is 9.80 Å². The van der Waals surface area contributed by atoms with E-state index in [0.29, 0.717) is 5.92 Å². The predicted octanol–water partition coefficient (Wildman–Crippen LogP) is 5.81. The fourth-order valence-corrected chi connectivity index (χ4v) is 4.58. The molecule has 0 saturated carbocycles. The lowest BCUT2D eigenvalue weighted by Crippen LogP contribution is -2.33. The summed E-state index contributed by atoms with van der Waals surface area (Å²) in [6, 6.07) is 6.08. The summed E-state index contributed by atoms with van der Waals surface area (Å²) in [6.07, 6.45) is 11.9. The maximum Gasteiger partial charge on any atom is 0.150 e. The summed E-state index contributed by atoms with van der Waals surface area (Å²) in [4.78, 5) is 16.0. The number of benzene rings is 1. The first-order valence-electron chi connectivity index (χ1n) is 10.7.